The van der Waals surface area contributed by atoms with Crippen LogP contribution in [0.3, 0.4) is 0 Å². The third kappa shape index (κ3) is 5.66. The Labute approximate surface area is 183 Å². The lowest BCUT2D eigenvalue weighted by Gasteiger charge is -2.29. The van der Waals surface area contributed by atoms with Crippen molar-refractivity contribution in [3.8, 4) is 0 Å². The molecule has 1 aliphatic heterocycles. The van der Waals surface area contributed by atoms with Gasteiger partial charge in [-0.2, -0.15) is 8.62 Å². The summed E-state index contributed by atoms with van der Waals surface area (Å²) in [5.74, 6) is 0.0605. The molecular weight excluding hydrogens is 520 g/mol. The highest BCUT2D eigenvalue weighted by molar-refractivity contribution is 7.66. The van der Waals surface area contributed by atoms with Crippen LogP contribution in [0.1, 0.15) is 6.23 Å². The summed E-state index contributed by atoms with van der Waals surface area (Å²) in [5, 5.41) is 21.4. The number of aliphatic hydroxyl groups excluding tert-OH is 1. The Balaban J connectivity index is 1.78. The van der Waals surface area contributed by atoms with E-state index in [9.17, 15) is 33.2 Å². The van der Waals surface area contributed by atoms with Crippen LogP contribution in [-0.4, -0.2) is 75.4 Å². The van der Waals surface area contributed by atoms with E-state index in [4.69, 9.17) is 25.2 Å². The van der Waals surface area contributed by atoms with E-state index in [0.717, 1.165) is 10.9 Å². The number of phosphoric acid groups is 3. The Kier molecular flexibility index (Phi) is 7.17. The summed E-state index contributed by atoms with van der Waals surface area (Å²) in [4.78, 5) is 43.4. The number of alkyl halides is 1. The number of anilines is 1. The molecule has 3 rings (SSSR count). The number of rotatable bonds is 9. The van der Waals surface area contributed by atoms with Crippen LogP contribution in [-0.2, 0) is 31.6 Å². The number of aliphatic hydroxyl groups is 2. The number of nitrogens with zero attached hydrogens (tertiary/aromatic N) is 3. The molecular formula is C12H18FN4O13P3. The molecule has 2 aromatic heterocycles. The summed E-state index contributed by atoms with van der Waals surface area (Å²) in [6.07, 6.45) is -3.01. The maximum absolute atomic E-state index is 13.8. The fourth-order valence-electron chi connectivity index (χ4n) is 3.06. The van der Waals surface area contributed by atoms with Gasteiger partial charge in [0, 0.05) is 6.20 Å². The minimum Gasteiger partial charge on any atom is -0.387 e. The standard InChI is InChI=1S/C12H18FN4O13P3/c13-4-12(19)8(18)7(3-27-32(23,24)30-33(25,26)29-31(20,21)22)28-11(12)17-2-1-6-9(14)15-5-16-10(6)17/h1-2,5,7-8,11,18-19H,3-4H2,(H,23,24)(H,25,26)(H2,14,15,16)(H2,20,21,22)/t7-,8-,11-,12-/m1/s1. The minimum atomic E-state index is -5.77. The summed E-state index contributed by atoms with van der Waals surface area (Å²) in [7, 11) is -16.9. The molecule has 0 radical (unpaired) electrons. The predicted molar refractivity (Wildman–Crippen MR) is 103 cm³/mol. The molecule has 2 aromatic rings. The third-order valence-electron chi connectivity index (χ3n) is 4.42. The average molecular weight is 538 g/mol. The van der Waals surface area contributed by atoms with Gasteiger partial charge in [0.25, 0.3) is 0 Å². The SMILES string of the molecule is Nc1ncnc2c1ccn2[C@@H]1O[C@H](COP(=O)(O)OP(=O)(O)OP(=O)(O)O)[C@@H](O)[C@]1(O)CF. The van der Waals surface area contributed by atoms with Gasteiger partial charge in [0.05, 0.1) is 12.0 Å². The summed E-state index contributed by atoms with van der Waals surface area (Å²) >= 11 is 0. The highest BCUT2D eigenvalue weighted by Crippen LogP contribution is 2.66. The van der Waals surface area contributed by atoms with Gasteiger partial charge in [0.15, 0.2) is 11.8 Å². The number of nitrogens with two attached hydrogens (primary N) is 1. The molecule has 0 aliphatic carbocycles. The quantitative estimate of drug-likeness (QED) is 0.195. The number of hydrogen-bond donors (Lipinski definition) is 7. The molecule has 17 nitrogen and oxygen atoms in total. The molecule has 2 unspecified atom stereocenters. The number of halogens is 1. The molecule has 1 aliphatic rings. The molecule has 1 fully saturated rings. The van der Waals surface area contributed by atoms with Crippen molar-refractivity contribution in [2.75, 3.05) is 19.0 Å². The topological polar surface area (TPSA) is 266 Å². The van der Waals surface area contributed by atoms with Crippen molar-refractivity contribution in [2.45, 2.75) is 24.0 Å². The van der Waals surface area contributed by atoms with Crippen LogP contribution in [0, 0.1) is 0 Å². The van der Waals surface area contributed by atoms with Crippen LogP contribution >= 0.6 is 23.5 Å². The van der Waals surface area contributed by atoms with Crippen molar-refractivity contribution in [1.82, 2.24) is 14.5 Å². The normalized spacial score (nSPS) is 29.7. The number of hydrogen-bond acceptors (Lipinski definition) is 12. The molecule has 21 heteroatoms. The molecule has 0 saturated carbocycles. The van der Waals surface area contributed by atoms with Gasteiger partial charge >= 0.3 is 23.5 Å². The van der Waals surface area contributed by atoms with E-state index in [-0.39, 0.29) is 11.5 Å². The second-order valence-electron chi connectivity index (χ2n) is 6.70. The zero-order valence-corrected chi connectivity index (χ0v) is 18.7. The molecule has 186 valence electrons. The first-order valence-electron chi connectivity index (χ1n) is 8.56. The second kappa shape index (κ2) is 9.02. The molecule has 0 amide bonds. The number of phosphoric ester groups is 1. The van der Waals surface area contributed by atoms with Crippen LogP contribution in [0.4, 0.5) is 10.2 Å². The lowest BCUT2D eigenvalue weighted by Crippen LogP contribution is -2.49. The fraction of sp³-hybridized carbons (Fsp3) is 0.500. The fourth-order valence-corrected chi connectivity index (χ4v) is 6.09. The van der Waals surface area contributed by atoms with Crippen LogP contribution in [0.5, 0.6) is 0 Å². The van der Waals surface area contributed by atoms with Gasteiger partial charge in [-0.1, -0.05) is 0 Å². The van der Waals surface area contributed by atoms with Crippen molar-refractivity contribution in [1.29, 1.82) is 0 Å². The zero-order valence-electron chi connectivity index (χ0n) is 16.1. The molecule has 3 heterocycles. The van der Waals surface area contributed by atoms with Crippen LogP contribution < -0.4 is 5.73 Å². The van der Waals surface area contributed by atoms with E-state index in [2.05, 4.69) is 23.1 Å². The van der Waals surface area contributed by atoms with E-state index in [1.807, 2.05) is 0 Å². The van der Waals surface area contributed by atoms with Crippen LogP contribution in [0.15, 0.2) is 18.6 Å². The maximum atomic E-state index is 13.8. The number of ether oxygens (including phenoxy) is 1. The largest absolute Gasteiger partial charge is 0.490 e. The molecule has 1 saturated heterocycles. The first-order chi connectivity index (χ1) is 15.1. The molecule has 8 N–H and O–H groups in total. The van der Waals surface area contributed by atoms with Crippen molar-refractivity contribution >= 4 is 40.3 Å². The van der Waals surface area contributed by atoms with Gasteiger partial charge in [0.2, 0.25) is 0 Å². The van der Waals surface area contributed by atoms with Gasteiger partial charge in [-0.15, -0.1) is 0 Å². The Morgan fingerprint density at radius 3 is 2.45 bits per heavy atom. The first kappa shape index (κ1) is 26.2. The maximum Gasteiger partial charge on any atom is 0.490 e. The third-order valence-corrected chi connectivity index (χ3v) is 8.22. The molecule has 6 atom stereocenters. The molecule has 0 aromatic carbocycles. The molecule has 0 spiro atoms. The number of aromatic nitrogens is 3. The smallest absolute Gasteiger partial charge is 0.387 e. The van der Waals surface area contributed by atoms with E-state index in [0.29, 0.717) is 5.39 Å². The van der Waals surface area contributed by atoms with Gasteiger partial charge in [-0.25, -0.2) is 28.1 Å². The van der Waals surface area contributed by atoms with Gasteiger partial charge in [-0.05, 0) is 6.07 Å². The summed E-state index contributed by atoms with van der Waals surface area (Å²) in [6, 6.07) is 1.43. The van der Waals surface area contributed by atoms with Gasteiger partial charge in [-0.3, -0.25) is 4.52 Å². The van der Waals surface area contributed by atoms with E-state index >= 15 is 0 Å². The first-order valence-corrected chi connectivity index (χ1v) is 13.1. The predicted octanol–water partition coefficient (Wildman–Crippen LogP) is -0.684. The van der Waals surface area contributed by atoms with E-state index in [1.54, 1.807) is 0 Å². The van der Waals surface area contributed by atoms with Crippen molar-refractivity contribution in [3.63, 3.8) is 0 Å². The Morgan fingerprint density at radius 1 is 1.18 bits per heavy atom. The van der Waals surface area contributed by atoms with Crippen LogP contribution in [0.25, 0.3) is 11.0 Å². The lowest BCUT2D eigenvalue weighted by atomic mass is 9.95. The number of nitrogen functional groups attached to an aromatic ring is 1. The van der Waals surface area contributed by atoms with Gasteiger partial charge < -0.3 is 44.8 Å². The minimum absolute atomic E-state index is 0.0605. The van der Waals surface area contributed by atoms with Gasteiger partial charge in [0.1, 0.15) is 36.7 Å². The lowest BCUT2D eigenvalue weighted by molar-refractivity contribution is -0.118. The average Bonchev–Trinajstić information content (AvgIpc) is 3.18. The summed E-state index contributed by atoms with van der Waals surface area (Å²) in [6.45, 7) is -2.66. The monoisotopic (exact) mass is 538 g/mol. The zero-order chi connectivity index (χ0) is 24.8. The highest BCUT2D eigenvalue weighted by atomic mass is 31.3. The molecule has 33 heavy (non-hydrogen) atoms. The summed E-state index contributed by atoms with van der Waals surface area (Å²) in [5.41, 5.74) is 3.22. The van der Waals surface area contributed by atoms with E-state index < -0.39 is 60.8 Å². The Morgan fingerprint density at radius 2 is 1.85 bits per heavy atom. The van der Waals surface area contributed by atoms with Crippen molar-refractivity contribution in [3.05, 3.63) is 18.6 Å². The summed E-state index contributed by atoms with van der Waals surface area (Å²) < 4.78 is 65.7. The molecule has 0 bridgehead atoms. The number of fused-ring (bicyclic) bond motifs is 1. The second-order valence-corrected chi connectivity index (χ2v) is 11.1. The van der Waals surface area contributed by atoms with Crippen molar-refractivity contribution in [2.24, 2.45) is 0 Å². The van der Waals surface area contributed by atoms with Crippen molar-refractivity contribution < 1.29 is 65.8 Å². The highest BCUT2D eigenvalue weighted by Gasteiger charge is 2.57. The Hall–Kier alpha value is -1.36. The van der Waals surface area contributed by atoms with Crippen LogP contribution in [0.2, 0.25) is 0 Å². The Bertz CT molecular complexity index is 1170. The van der Waals surface area contributed by atoms with E-state index in [1.165, 1.54) is 12.3 Å².